The first-order chi connectivity index (χ1) is 15.8. The molecule has 0 bridgehead atoms. The molecule has 1 unspecified atom stereocenters. The molecule has 0 saturated heterocycles. The molecular formula is C25H22N4O4. The number of ether oxygens (including phenoxy) is 1. The molecule has 8 nitrogen and oxygen atoms in total. The van der Waals surface area contributed by atoms with Crippen molar-refractivity contribution in [1.29, 1.82) is 0 Å². The van der Waals surface area contributed by atoms with Gasteiger partial charge in [-0.05, 0) is 56.3 Å². The van der Waals surface area contributed by atoms with E-state index in [4.69, 9.17) is 10.5 Å². The van der Waals surface area contributed by atoms with E-state index in [1.807, 2.05) is 31.2 Å². The number of nitrogens with one attached hydrogen (secondary N) is 2. The van der Waals surface area contributed by atoms with Crippen molar-refractivity contribution in [3.05, 3.63) is 83.4 Å². The van der Waals surface area contributed by atoms with Crippen LogP contribution in [-0.4, -0.2) is 33.9 Å². The van der Waals surface area contributed by atoms with Gasteiger partial charge in [-0.15, -0.1) is 0 Å². The van der Waals surface area contributed by atoms with Gasteiger partial charge in [-0.25, -0.2) is 9.78 Å². The topological polar surface area (TPSA) is 127 Å². The van der Waals surface area contributed by atoms with Crippen LogP contribution in [0.1, 0.15) is 33.2 Å². The highest BCUT2D eigenvalue weighted by Crippen LogP contribution is 2.22. The van der Waals surface area contributed by atoms with Crippen molar-refractivity contribution in [2.24, 2.45) is 5.73 Å². The molecule has 0 saturated carbocycles. The zero-order valence-corrected chi connectivity index (χ0v) is 18.1. The van der Waals surface area contributed by atoms with E-state index in [-0.39, 0.29) is 0 Å². The normalized spacial score (nSPS) is 11.7. The molecule has 0 aliphatic rings. The van der Waals surface area contributed by atoms with Crippen molar-refractivity contribution in [1.82, 2.24) is 9.97 Å². The van der Waals surface area contributed by atoms with Crippen molar-refractivity contribution in [2.45, 2.75) is 20.0 Å². The van der Waals surface area contributed by atoms with E-state index in [9.17, 15) is 14.4 Å². The Balaban J connectivity index is 1.43. The average molecular weight is 442 g/mol. The smallest absolute Gasteiger partial charge is 0.338 e. The van der Waals surface area contributed by atoms with Gasteiger partial charge in [0.2, 0.25) is 5.91 Å². The summed E-state index contributed by atoms with van der Waals surface area (Å²) in [7, 11) is 0. The Morgan fingerprint density at radius 2 is 1.64 bits per heavy atom. The van der Waals surface area contributed by atoms with Crippen molar-refractivity contribution >= 4 is 34.5 Å². The standard InChI is InChI=1S/C25H22N4O4/c1-14-3-5-17(6-4-14)23-28-20-12-9-18(13-21(20)29-23)25(32)33-15(2)24(31)27-19-10-7-16(8-11-19)22(26)30/h3-13,15H,1-2H3,(H2,26,30)(H,27,31)(H,28,29). The second kappa shape index (κ2) is 8.96. The molecule has 33 heavy (non-hydrogen) atoms. The highest BCUT2D eigenvalue weighted by molar-refractivity contribution is 5.99. The maximum absolute atomic E-state index is 12.6. The maximum atomic E-state index is 12.6. The van der Waals surface area contributed by atoms with Gasteiger partial charge >= 0.3 is 5.97 Å². The third kappa shape index (κ3) is 4.90. The molecule has 4 N–H and O–H groups in total. The number of nitrogens with zero attached hydrogens (tertiary/aromatic N) is 1. The van der Waals surface area contributed by atoms with Crippen molar-refractivity contribution < 1.29 is 19.1 Å². The lowest BCUT2D eigenvalue weighted by atomic mass is 10.1. The Morgan fingerprint density at radius 1 is 0.970 bits per heavy atom. The van der Waals surface area contributed by atoms with Gasteiger partial charge in [-0.2, -0.15) is 0 Å². The quantitative estimate of drug-likeness (QED) is 0.391. The number of carbonyl (C=O) groups excluding carboxylic acids is 3. The molecule has 0 radical (unpaired) electrons. The van der Waals surface area contributed by atoms with Crippen LogP contribution in [0.4, 0.5) is 5.69 Å². The Bertz CT molecular complexity index is 1340. The molecule has 1 heterocycles. The Morgan fingerprint density at radius 3 is 2.30 bits per heavy atom. The van der Waals surface area contributed by atoms with Crippen LogP contribution >= 0.6 is 0 Å². The number of benzene rings is 3. The fourth-order valence-corrected chi connectivity index (χ4v) is 3.23. The second-order valence-electron chi connectivity index (χ2n) is 7.66. The molecule has 1 atom stereocenters. The van der Waals surface area contributed by atoms with E-state index in [1.54, 1.807) is 30.3 Å². The van der Waals surface area contributed by atoms with Gasteiger partial charge in [0.25, 0.3) is 5.91 Å². The van der Waals surface area contributed by atoms with Crippen LogP contribution in [0, 0.1) is 6.92 Å². The fraction of sp³-hybridized carbons (Fsp3) is 0.120. The van der Waals surface area contributed by atoms with E-state index in [2.05, 4.69) is 15.3 Å². The number of rotatable bonds is 6. The number of aromatic nitrogens is 2. The average Bonchev–Trinajstić information content (AvgIpc) is 3.23. The highest BCUT2D eigenvalue weighted by Gasteiger charge is 2.20. The SMILES string of the molecule is Cc1ccc(-c2nc3ccc(C(=O)OC(C)C(=O)Nc4ccc(C(N)=O)cc4)cc3[nH]2)cc1. The number of anilines is 1. The van der Waals surface area contributed by atoms with E-state index < -0.39 is 23.9 Å². The van der Waals surface area contributed by atoms with Gasteiger partial charge in [0.1, 0.15) is 5.82 Å². The largest absolute Gasteiger partial charge is 0.449 e. The molecule has 0 aliphatic carbocycles. The number of aryl methyl sites for hydroxylation is 1. The minimum absolute atomic E-state index is 0.298. The summed E-state index contributed by atoms with van der Waals surface area (Å²) in [4.78, 5) is 43.9. The summed E-state index contributed by atoms with van der Waals surface area (Å²) in [5.41, 5.74) is 9.78. The lowest BCUT2D eigenvalue weighted by Crippen LogP contribution is -2.30. The van der Waals surface area contributed by atoms with Crippen LogP contribution < -0.4 is 11.1 Å². The van der Waals surface area contributed by atoms with E-state index >= 15 is 0 Å². The number of esters is 1. The molecule has 4 rings (SSSR count). The summed E-state index contributed by atoms with van der Waals surface area (Å²) >= 11 is 0. The number of amides is 2. The van der Waals surface area contributed by atoms with Gasteiger partial charge in [0.05, 0.1) is 16.6 Å². The Labute approximate surface area is 189 Å². The maximum Gasteiger partial charge on any atom is 0.338 e. The number of fused-ring (bicyclic) bond motifs is 1. The summed E-state index contributed by atoms with van der Waals surface area (Å²) in [6.45, 7) is 3.50. The number of H-pyrrole nitrogens is 1. The van der Waals surface area contributed by atoms with Crippen LogP contribution in [0.3, 0.4) is 0 Å². The molecule has 0 fully saturated rings. The Kier molecular flexibility index (Phi) is 5.91. The first-order valence-electron chi connectivity index (χ1n) is 10.3. The third-order valence-corrected chi connectivity index (χ3v) is 5.13. The fourth-order valence-electron chi connectivity index (χ4n) is 3.23. The molecule has 3 aromatic carbocycles. The zero-order valence-electron chi connectivity index (χ0n) is 18.1. The summed E-state index contributed by atoms with van der Waals surface area (Å²) in [6, 6.07) is 19.0. The minimum Gasteiger partial charge on any atom is -0.449 e. The molecule has 166 valence electrons. The first kappa shape index (κ1) is 21.8. The van der Waals surface area contributed by atoms with Crippen LogP contribution in [0.25, 0.3) is 22.4 Å². The summed E-state index contributed by atoms with van der Waals surface area (Å²) in [6.07, 6.45) is -1.03. The van der Waals surface area contributed by atoms with Gasteiger partial charge in [0.15, 0.2) is 6.10 Å². The van der Waals surface area contributed by atoms with Crippen LogP contribution in [-0.2, 0) is 9.53 Å². The number of nitrogens with two attached hydrogens (primary N) is 1. The van der Waals surface area contributed by atoms with Crippen LogP contribution in [0.2, 0.25) is 0 Å². The number of carbonyl (C=O) groups is 3. The molecule has 1 aromatic heterocycles. The molecule has 2 amide bonds. The second-order valence-corrected chi connectivity index (χ2v) is 7.66. The number of hydrogen-bond donors (Lipinski definition) is 3. The van der Waals surface area contributed by atoms with Crippen LogP contribution in [0.5, 0.6) is 0 Å². The summed E-state index contributed by atoms with van der Waals surface area (Å²) in [5.74, 6) is -0.990. The Hall–Kier alpha value is -4.46. The van der Waals surface area contributed by atoms with Gasteiger partial charge in [0, 0.05) is 16.8 Å². The molecule has 8 heteroatoms. The van der Waals surface area contributed by atoms with Gasteiger partial charge < -0.3 is 20.8 Å². The van der Waals surface area contributed by atoms with Crippen molar-refractivity contribution in [3.63, 3.8) is 0 Å². The number of imidazole rings is 1. The monoisotopic (exact) mass is 442 g/mol. The highest BCUT2D eigenvalue weighted by atomic mass is 16.5. The van der Waals surface area contributed by atoms with E-state index in [1.165, 1.54) is 19.1 Å². The van der Waals surface area contributed by atoms with Gasteiger partial charge in [-0.1, -0.05) is 29.8 Å². The first-order valence-corrected chi connectivity index (χ1v) is 10.3. The van der Waals surface area contributed by atoms with Crippen molar-refractivity contribution in [2.75, 3.05) is 5.32 Å². The van der Waals surface area contributed by atoms with Crippen LogP contribution in [0.15, 0.2) is 66.7 Å². The minimum atomic E-state index is -1.03. The molecular weight excluding hydrogens is 420 g/mol. The summed E-state index contributed by atoms with van der Waals surface area (Å²) < 4.78 is 5.33. The molecule has 0 aliphatic heterocycles. The molecule has 4 aromatic rings. The molecule has 0 spiro atoms. The number of primary amides is 1. The van der Waals surface area contributed by atoms with E-state index in [0.29, 0.717) is 33.7 Å². The van der Waals surface area contributed by atoms with E-state index in [0.717, 1.165) is 11.1 Å². The summed E-state index contributed by atoms with van der Waals surface area (Å²) in [5, 5.41) is 2.64. The number of aromatic amines is 1. The number of hydrogen-bond acceptors (Lipinski definition) is 5. The van der Waals surface area contributed by atoms with Gasteiger partial charge in [-0.3, -0.25) is 9.59 Å². The lowest BCUT2D eigenvalue weighted by molar-refractivity contribution is -0.123. The van der Waals surface area contributed by atoms with Crippen molar-refractivity contribution in [3.8, 4) is 11.4 Å². The third-order valence-electron chi connectivity index (χ3n) is 5.13. The predicted molar refractivity (Wildman–Crippen MR) is 125 cm³/mol. The zero-order chi connectivity index (χ0) is 23.5. The predicted octanol–water partition coefficient (Wildman–Crippen LogP) is 3.82. The lowest BCUT2D eigenvalue weighted by Gasteiger charge is -2.13.